The monoisotopic (exact) mass is 357 g/mol. The molecule has 0 unspecified atom stereocenters. The summed E-state index contributed by atoms with van der Waals surface area (Å²) in [7, 11) is 1.60. The number of benzene rings is 2. The van der Waals surface area contributed by atoms with Gasteiger partial charge in [-0.05, 0) is 50.1 Å². The minimum Gasteiger partial charge on any atom is -0.494 e. The Kier molecular flexibility index (Phi) is 7.80. The molecule has 0 radical (unpaired) electrons. The third-order valence-corrected chi connectivity index (χ3v) is 3.84. The van der Waals surface area contributed by atoms with Gasteiger partial charge in [-0.15, -0.1) is 0 Å². The van der Waals surface area contributed by atoms with Crippen LogP contribution in [0.3, 0.4) is 0 Å². The molecule has 2 aromatic rings. The van der Waals surface area contributed by atoms with E-state index >= 15 is 0 Å². The van der Waals surface area contributed by atoms with Gasteiger partial charge in [0.05, 0.1) is 26.7 Å². The lowest BCUT2D eigenvalue weighted by Crippen LogP contribution is -2.26. The highest BCUT2D eigenvalue weighted by Crippen LogP contribution is 2.27. The van der Waals surface area contributed by atoms with Crippen LogP contribution in [0.1, 0.15) is 24.0 Å². The molecule has 0 spiro atoms. The predicted molar refractivity (Wildman–Crippen MR) is 102 cm³/mol. The van der Waals surface area contributed by atoms with Crippen LogP contribution in [0, 0.1) is 13.8 Å². The minimum atomic E-state index is -0.0357. The van der Waals surface area contributed by atoms with E-state index in [0.717, 1.165) is 17.7 Å². The Bertz CT molecular complexity index is 698. The van der Waals surface area contributed by atoms with E-state index in [2.05, 4.69) is 5.32 Å². The fraction of sp³-hybridized carbons (Fsp3) is 0.381. The fourth-order valence-electron chi connectivity index (χ4n) is 2.36. The van der Waals surface area contributed by atoms with Crippen molar-refractivity contribution in [1.82, 2.24) is 5.32 Å². The molecule has 140 valence electrons. The van der Waals surface area contributed by atoms with E-state index in [1.165, 1.54) is 5.56 Å². The number of hydrogen-bond donors (Lipinski definition) is 1. The van der Waals surface area contributed by atoms with Crippen molar-refractivity contribution >= 4 is 5.91 Å². The SMILES string of the molecule is COc1cc(C)ccc1OCCC(=O)NCCCOc1ccc(C)cc1. The molecule has 0 aliphatic carbocycles. The average molecular weight is 357 g/mol. The predicted octanol–water partition coefficient (Wildman–Crippen LogP) is 3.67. The van der Waals surface area contributed by atoms with Gasteiger partial charge in [-0.25, -0.2) is 0 Å². The fourth-order valence-corrected chi connectivity index (χ4v) is 2.36. The number of carbonyl (C=O) groups is 1. The van der Waals surface area contributed by atoms with Gasteiger partial charge in [0.2, 0.25) is 5.91 Å². The number of hydrogen-bond acceptors (Lipinski definition) is 4. The zero-order valence-corrected chi connectivity index (χ0v) is 15.7. The average Bonchev–Trinajstić information content (AvgIpc) is 2.64. The Labute approximate surface area is 155 Å². The van der Waals surface area contributed by atoms with E-state index in [9.17, 15) is 4.79 Å². The van der Waals surface area contributed by atoms with Crippen LogP contribution in [0.2, 0.25) is 0 Å². The highest BCUT2D eigenvalue weighted by atomic mass is 16.5. The van der Waals surface area contributed by atoms with Gasteiger partial charge in [0.1, 0.15) is 5.75 Å². The molecule has 5 heteroatoms. The number of amides is 1. The van der Waals surface area contributed by atoms with Crippen LogP contribution >= 0.6 is 0 Å². The zero-order valence-electron chi connectivity index (χ0n) is 15.7. The van der Waals surface area contributed by atoms with Gasteiger partial charge in [-0.1, -0.05) is 23.8 Å². The molecular weight excluding hydrogens is 330 g/mol. The molecule has 0 bridgehead atoms. The summed E-state index contributed by atoms with van der Waals surface area (Å²) >= 11 is 0. The molecule has 1 amide bonds. The summed E-state index contributed by atoms with van der Waals surface area (Å²) in [5.74, 6) is 2.14. The van der Waals surface area contributed by atoms with Gasteiger partial charge < -0.3 is 19.5 Å². The highest BCUT2D eigenvalue weighted by Gasteiger charge is 2.06. The van der Waals surface area contributed by atoms with E-state index in [4.69, 9.17) is 14.2 Å². The number of ether oxygens (including phenoxy) is 3. The summed E-state index contributed by atoms with van der Waals surface area (Å²) in [6.07, 6.45) is 1.06. The molecule has 2 aromatic carbocycles. The van der Waals surface area contributed by atoms with Crippen molar-refractivity contribution in [3.05, 3.63) is 53.6 Å². The highest BCUT2D eigenvalue weighted by molar-refractivity contribution is 5.75. The quantitative estimate of drug-likeness (QED) is 0.659. The molecule has 1 N–H and O–H groups in total. The smallest absolute Gasteiger partial charge is 0.223 e. The van der Waals surface area contributed by atoms with Crippen molar-refractivity contribution in [2.24, 2.45) is 0 Å². The van der Waals surface area contributed by atoms with Crippen LogP contribution < -0.4 is 19.5 Å². The molecule has 0 saturated heterocycles. The van der Waals surface area contributed by atoms with Gasteiger partial charge in [0.25, 0.3) is 0 Å². The molecule has 0 atom stereocenters. The second kappa shape index (κ2) is 10.3. The van der Waals surface area contributed by atoms with Gasteiger partial charge in [0, 0.05) is 6.54 Å². The molecule has 0 saturated carbocycles. The first-order chi connectivity index (χ1) is 12.6. The minimum absolute atomic E-state index is 0.0357. The van der Waals surface area contributed by atoms with E-state index in [0.29, 0.717) is 37.7 Å². The van der Waals surface area contributed by atoms with Crippen molar-refractivity contribution in [2.45, 2.75) is 26.7 Å². The van der Waals surface area contributed by atoms with Gasteiger partial charge >= 0.3 is 0 Å². The molecule has 2 rings (SSSR count). The Hall–Kier alpha value is -2.69. The Balaban J connectivity index is 1.58. The summed E-state index contributed by atoms with van der Waals surface area (Å²) in [5, 5.41) is 2.87. The largest absolute Gasteiger partial charge is 0.494 e. The molecule has 0 aliphatic rings. The zero-order chi connectivity index (χ0) is 18.8. The van der Waals surface area contributed by atoms with Crippen LogP contribution in [0.15, 0.2) is 42.5 Å². The van der Waals surface area contributed by atoms with Gasteiger partial charge in [-0.3, -0.25) is 4.79 Å². The number of nitrogens with one attached hydrogen (secondary N) is 1. The second-order valence-corrected chi connectivity index (χ2v) is 6.12. The molecule has 0 heterocycles. The lowest BCUT2D eigenvalue weighted by atomic mass is 10.2. The standard InChI is InChI=1S/C21H27NO4/c1-16-5-8-18(9-6-16)25-13-4-12-22-21(23)11-14-26-19-10-7-17(2)15-20(19)24-3/h5-10,15H,4,11-14H2,1-3H3,(H,22,23). The Morgan fingerprint density at radius 2 is 1.65 bits per heavy atom. The topological polar surface area (TPSA) is 56.8 Å². The lowest BCUT2D eigenvalue weighted by Gasteiger charge is -2.11. The first-order valence-corrected chi connectivity index (χ1v) is 8.82. The van der Waals surface area contributed by atoms with Crippen LogP contribution in [-0.4, -0.2) is 32.8 Å². The van der Waals surface area contributed by atoms with Crippen LogP contribution in [0.5, 0.6) is 17.2 Å². The summed E-state index contributed by atoms with van der Waals surface area (Å²) < 4.78 is 16.5. The first kappa shape index (κ1) is 19.6. The van der Waals surface area contributed by atoms with E-state index in [-0.39, 0.29) is 5.91 Å². The molecular formula is C21H27NO4. The van der Waals surface area contributed by atoms with Gasteiger partial charge in [0.15, 0.2) is 11.5 Å². The molecule has 5 nitrogen and oxygen atoms in total. The number of carbonyl (C=O) groups excluding carboxylic acids is 1. The number of rotatable bonds is 10. The van der Waals surface area contributed by atoms with Crippen molar-refractivity contribution in [2.75, 3.05) is 26.9 Å². The van der Waals surface area contributed by atoms with Crippen molar-refractivity contribution < 1.29 is 19.0 Å². The summed E-state index contributed by atoms with van der Waals surface area (Å²) in [6.45, 7) is 5.49. The summed E-state index contributed by atoms with van der Waals surface area (Å²) in [5.41, 5.74) is 2.30. The second-order valence-electron chi connectivity index (χ2n) is 6.12. The normalized spacial score (nSPS) is 10.3. The first-order valence-electron chi connectivity index (χ1n) is 8.82. The van der Waals surface area contributed by atoms with Gasteiger partial charge in [-0.2, -0.15) is 0 Å². The molecule has 0 aliphatic heterocycles. The Morgan fingerprint density at radius 3 is 2.38 bits per heavy atom. The summed E-state index contributed by atoms with van der Waals surface area (Å²) in [4.78, 5) is 11.8. The third kappa shape index (κ3) is 6.67. The maximum absolute atomic E-state index is 11.8. The van der Waals surface area contributed by atoms with E-state index in [1.807, 2.05) is 56.3 Å². The molecule has 0 fully saturated rings. The number of methoxy groups -OCH3 is 1. The third-order valence-electron chi connectivity index (χ3n) is 3.84. The maximum atomic E-state index is 11.8. The summed E-state index contributed by atoms with van der Waals surface area (Å²) in [6, 6.07) is 13.6. The van der Waals surface area contributed by atoms with Crippen LogP contribution in [0.25, 0.3) is 0 Å². The van der Waals surface area contributed by atoms with Crippen LogP contribution in [-0.2, 0) is 4.79 Å². The van der Waals surface area contributed by atoms with Crippen molar-refractivity contribution in [1.29, 1.82) is 0 Å². The van der Waals surface area contributed by atoms with Crippen molar-refractivity contribution in [3.8, 4) is 17.2 Å². The lowest BCUT2D eigenvalue weighted by molar-refractivity contribution is -0.121. The van der Waals surface area contributed by atoms with Crippen LogP contribution in [0.4, 0.5) is 0 Å². The van der Waals surface area contributed by atoms with E-state index in [1.54, 1.807) is 7.11 Å². The molecule has 26 heavy (non-hydrogen) atoms. The maximum Gasteiger partial charge on any atom is 0.223 e. The van der Waals surface area contributed by atoms with E-state index < -0.39 is 0 Å². The number of aryl methyl sites for hydroxylation is 2. The molecule has 0 aromatic heterocycles. The Morgan fingerprint density at radius 1 is 0.923 bits per heavy atom. The van der Waals surface area contributed by atoms with Crippen molar-refractivity contribution in [3.63, 3.8) is 0 Å².